The number of benzene rings is 1. The van der Waals surface area contributed by atoms with Crippen molar-refractivity contribution in [2.45, 2.75) is 38.5 Å². The van der Waals surface area contributed by atoms with Gasteiger partial charge in [0.1, 0.15) is 11.5 Å². The first-order valence-electron chi connectivity index (χ1n) is 6.91. The van der Waals surface area contributed by atoms with Crippen molar-refractivity contribution in [3.63, 3.8) is 0 Å². The molecule has 1 aromatic carbocycles. The van der Waals surface area contributed by atoms with Crippen LogP contribution >= 0.6 is 47.8 Å². The summed E-state index contributed by atoms with van der Waals surface area (Å²) in [7, 11) is 1.66. The first kappa shape index (κ1) is 18.3. The molecular weight excluding hydrogens is 452 g/mol. The van der Waals surface area contributed by atoms with Crippen LogP contribution < -0.4 is 9.47 Å². The molecule has 0 aliphatic heterocycles. The van der Waals surface area contributed by atoms with E-state index in [0.29, 0.717) is 0 Å². The highest BCUT2D eigenvalue weighted by atomic mass is 79.9. The Bertz CT molecular complexity index is 397. The van der Waals surface area contributed by atoms with Gasteiger partial charge >= 0.3 is 0 Å². The highest BCUT2D eigenvalue weighted by Crippen LogP contribution is 2.36. The van der Waals surface area contributed by atoms with Crippen LogP contribution in [0.15, 0.2) is 21.1 Å². The summed E-state index contributed by atoms with van der Waals surface area (Å²) >= 11 is 10.4. The van der Waals surface area contributed by atoms with Crippen molar-refractivity contribution in [1.82, 2.24) is 0 Å². The van der Waals surface area contributed by atoms with Gasteiger partial charge < -0.3 is 9.47 Å². The lowest BCUT2D eigenvalue weighted by Crippen LogP contribution is -1.98. The maximum atomic E-state index is 5.80. The fraction of sp³-hybridized carbons (Fsp3) is 0.600. The minimum Gasteiger partial charge on any atom is -0.496 e. The Hall–Kier alpha value is 0.260. The molecule has 5 heteroatoms. The molecule has 0 spiro atoms. The summed E-state index contributed by atoms with van der Waals surface area (Å²) in [6.07, 6.45) is 7.56. The van der Waals surface area contributed by atoms with Gasteiger partial charge in [-0.25, -0.2) is 0 Å². The molecule has 0 aliphatic carbocycles. The van der Waals surface area contributed by atoms with Gasteiger partial charge in [-0.2, -0.15) is 0 Å². The number of hydrogen-bond acceptors (Lipinski definition) is 2. The summed E-state index contributed by atoms with van der Waals surface area (Å²) in [6.45, 7) is 0.760. The minimum absolute atomic E-state index is 0.760. The van der Waals surface area contributed by atoms with Crippen LogP contribution in [0.2, 0.25) is 0 Å². The first-order chi connectivity index (χ1) is 9.69. The average Bonchev–Trinajstić information content (AvgIpc) is 2.44. The van der Waals surface area contributed by atoms with E-state index in [-0.39, 0.29) is 0 Å². The fourth-order valence-corrected chi connectivity index (χ4v) is 3.18. The summed E-state index contributed by atoms with van der Waals surface area (Å²) in [5.41, 5.74) is 0. The number of unbranched alkanes of at least 4 members (excludes halogenated alkanes) is 5. The molecule has 0 aliphatic rings. The van der Waals surface area contributed by atoms with Crippen molar-refractivity contribution >= 4 is 47.8 Å². The Balaban J connectivity index is 2.23. The average molecular weight is 473 g/mol. The molecule has 20 heavy (non-hydrogen) atoms. The normalized spacial score (nSPS) is 10.6. The predicted molar refractivity (Wildman–Crippen MR) is 95.4 cm³/mol. The van der Waals surface area contributed by atoms with Gasteiger partial charge in [-0.05, 0) is 56.8 Å². The van der Waals surface area contributed by atoms with E-state index >= 15 is 0 Å². The van der Waals surface area contributed by atoms with Gasteiger partial charge in [0.2, 0.25) is 0 Å². The third-order valence-corrected chi connectivity index (χ3v) is 4.79. The number of alkyl halides is 1. The second kappa shape index (κ2) is 10.9. The fourth-order valence-electron chi connectivity index (χ4n) is 1.86. The van der Waals surface area contributed by atoms with Crippen molar-refractivity contribution in [2.24, 2.45) is 0 Å². The molecule has 0 saturated heterocycles. The zero-order valence-electron chi connectivity index (χ0n) is 11.8. The van der Waals surface area contributed by atoms with Crippen molar-refractivity contribution in [3.8, 4) is 11.5 Å². The molecule has 1 rings (SSSR count). The van der Waals surface area contributed by atoms with Gasteiger partial charge in [0, 0.05) is 5.33 Å². The SMILES string of the molecule is COc1cc(Br)c(OCCCCCCCCBr)cc1Br. The molecule has 0 N–H and O–H groups in total. The Morgan fingerprint density at radius 1 is 0.850 bits per heavy atom. The van der Waals surface area contributed by atoms with Gasteiger partial charge in [-0.1, -0.05) is 41.6 Å². The monoisotopic (exact) mass is 470 g/mol. The molecule has 2 nitrogen and oxygen atoms in total. The quantitative estimate of drug-likeness (QED) is 0.292. The lowest BCUT2D eigenvalue weighted by molar-refractivity contribution is 0.301. The second-order valence-electron chi connectivity index (χ2n) is 4.58. The second-order valence-corrected chi connectivity index (χ2v) is 7.08. The Morgan fingerprint density at radius 3 is 2.05 bits per heavy atom. The van der Waals surface area contributed by atoms with Crippen LogP contribution in [-0.2, 0) is 0 Å². The van der Waals surface area contributed by atoms with Crippen LogP contribution in [0.3, 0.4) is 0 Å². The number of halogens is 3. The number of methoxy groups -OCH3 is 1. The summed E-state index contributed by atoms with van der Waals surface area (Å²) in [6, 6.07) is 3.86. The van der Waals surface area contributed by atoms with Gasteiger partial charge in [0.05, 0.1) is 22.7 Å². The van der Waals surface area contributed by atoms with E-state index in [0.717, 1.165) is 38.8 Å². The van der Waals surface area contributed by atoms with Gasteiger partial charge in [-0.15, -0.1) is 0 Å². The highest BCUT2D eigenvalue weighted by molar-refractivity contribution is 9.11. The Labute approximate surface area is 147 Å². The van der Waals surface area contributed by atoms with Crippen molar-refractivity contribution in [1.29, 1.82) is 0 Å². The van der Waals surface area contributed by atoms with Crippen molar-refractivity contribution in [2.75, 3.05) is 19.0 Å². The van der Waals surface area contributed by atoms with Gasteiger partial charge in [0.25, 0.3) is 0 Å². The van der Waals surface area contributed by atoms with Crippen molar-refractivity contribution < 1.29 is 9.47 Å². The lowest BCUT2D eigenvalue weighted by Gasteiger charge is -2.11. The van der Waals surface area contributed by atoms with Gasteiger partial charge in [-0.3, -0.25) is 0 Å². The number of ether oxygens (including phenoxy) is 2. The number of rotatable bonds is 10. The first-order valence-corrected chi connectivity index (χ1v) is 9.61. The van der Waals surface area contributed by atoms with Crippen LogP contribution in [-0.4, -0.2) is 19.0 Å². The van der Waals surface area contributed by atoms with Crippen LogP contribution in [0.25, 0.3) is 0 Å². The zero-order chi connectivity index (χ0) is 14.8. The van der Waals surface area contributed by atoms with Crippen LogP contribution in [0.1, 0.15) is 38.5 Å². The van der Waals surface area contributed by atoms with Crippen LogP contribution in [0, 0.1) is 0 Å². The molecular formula is C15H21Br3O2. The maximum Gasteiger partial charge on any atom is 0.134 e. The molecule has 0 fully saturated rings. The molecule has 0 saturated carbocycles. The molecule has 114 valence electrons. The highest BCUT2D eigenvalue weighted by Gasteiger charge is 2.07. The maximum absolute atomic E-state index is 5.80. The molecule has 0 amide bonds. The lowest BCUT2D eigenvalue weighted by atomic mass is 10.1. The molecule has 0 atom stereocenters. The van der Waals surface area contributed by atoms with Crippen LogP contribution in [0.5, 0.6) is 11.5 Å². The van der Waals surface area contributed by atoms with E-state index < -0.39 is 0 Å². The molecule has 0 aromatic heterocycles. The largest absolute Gasteiger partial charge is 0.496 e. The zero-order valence-corrected chi connectivity index (χ0v) is 16.5. The molecule has 1 aromatic rings. The Morgan fingerprint density at radius 2 is 1.40 bits per heavy atom. The summed E-state index contributed by atoms with van der Waals surface area (Å²) in [5, 5.41) is 1.12. The third kappa shape index (κ3) is 6.81. The number of hydrogen-bond donors (Lipinski definition) is 0. The van der Waals surface area contributed by atoms with E-state index in [9.17, 15) is 0 Å². The van der Waals surface area contributed by atoms with Crippen LogP contribution in [0.4, 0.5) is 0 Å². The third-order valence-electron chi connectivity index (χ3n) is 2.99. The van der Waals surface area contributed by atoms with E-state index in [4.69, 9.17) is 9.47 Å². The summed E-state index contributed by atoms with van der Waals surface area (Å²) in [5.74, 6) is 1.66. The standard InChI is InChI=1S/C15H21Br3O2/c1-19-14-10-13(18)15(11-12(14)17)20-9-7-5-3-2-4-6-8-16/h10-11H,2-9H2,1H3. The molecule has 0 radical (unpaired) electrons. The minimum atomic E-state index is 0.760. The van der Waals surface area contributed by atoms with Gasteiger partial charge in [0.15, 0.2) is 0 Å². The summed E-state index contributed by atoms with van der Waals surface area (Å²) in [4.78, 5) is 0. The Kier molecular flexibility index (Phi) is 9.99. The van der Waals surface area contributed by atoms with Crippen molar-refractivity contribution in [3.05, 3.63) is 21.1 Å². The topological polar surface area (TPSA) is 18.5 Å². The van der Waals surface area contributed by atoms with E-state index in [1.54, 1.807) is 7.11 Å². The summed E-state index contributed by atoms with van der Waals surface area (Å²) < 4.78 is 12.9. The van der Waals surface area contributed by atoms with E-state index in [1.165, 1.54) is 32.1 Å². The molecule has 0 bridgehead atoms. The molecule has 0 unspecified atom stereocenters. The van der Waals surface area contributed by atoms with E-state index in [1.807, 2.05) is 12.1 Å². The molecule has 0 heterocycles. The smallest absolute Gasteiger partial charge is 0.134 e. The van der Waals surface area contributed by atoms with E-state index in [2.05, 4.69) is 47.8 Å². The predicted octanol–water partition coefficient (Wildman–Crippen LogP) is 6.33.